The first-order valence-electron chi connectivity index (χ1n) is 35.7. The highest BCUT2D eigenvalue weighted by Gasteiger charge is 2.31. The van der Waals surface area contributed by atoms with Gasteiger partial charge in [-0.05, 0) is 221 Å². The van der Waals surface area contributed by atoms with Gasteiger partial charge in [-0.25, -0.2) is 0 Å². The molecule has 0 bridgehead atoms. The monoisotopic (exact) mass is 1540 g/mol. The standard InChI is InChI=1S/C30H30FNO3S.C29H27ClFNO3S.C28H25ClFNO3S/c1-18-12-19(2)27(20(3)13-18)28(34)30-29(25-9-6-23(33)14-26(25)36-30)35-24-7-4-21(5-8-24)10-11-32-16-22(15-31)17-32;1-17-11-21(30)12-18(2)26(17)27(34)29-28(24-8-5-22(33)13-25(24)36-29)35-23-6-3-19(4-7-23)9-10-32-15-20(14-31)16-32;1-17-2-8-22(24(29)12-17)26(33)28-27(23-9-5-20(32)13-25(23)35-28)34-21-6-3-18(4-7-21)10-11-31-15-19(14-30)16-31/h4-9,12-14,22,33H,10-11,15-17H2,1-3H3;3-8,11-13,20,33H,9-10,14-16H2,1-2H3;2-9,12-13,19,32H,10-11,14-16H2,1H3. The van der Waals surface area contributed by atoms with Crippen LogP contribution < -0.4 is 14.2 Å². The van der Waals surface area contributed by atoms with E-state index in [2.05, 4.69) is 14.7 Å². The van der Waals surface area contributed by atoms with Crippen LogP contribution in [-0.4, -0.2) is 126 Å². The summed E-state index contributed by atoms with van der Waals surface area (Å²) in [5.74, 6) is 3.95. The number of ketones is 3. The van der Waals surface area contributed by atoms with Crippen LogP contribution in [0.25, 0.3) is 30.3 Å². The molecule has 3 N–H and O–H groups in total. The summed E-state index contributed by atoms with van der Waals surface area (Å²) in [5.41, 5.74) is 10.8. The van der Waals surface area contributed by atoms with E-state index in [4.69, 9.17) is 37.4 Å². The summed E-state index contributed by atoms with van der Waals surface area (Å²) in [7, 11) is 0. The molecule has 3 fully saturated rings. The number of carbonyl (C=O) groups is 3. The summed E-state index contributed by atoms with van der Waals surface area (Å²) in [6.45, 7) is 18.7. The van der Waals surface area contributed by atoms with Gasteiger partial charge in [-0.2, -0.15) is 0 Å². The Bertz CT molecular complexity index is 4990. The zero-order chi connectivity index (χ0) is 75.3. The SMILES string of the molecule is Cc1cc(C)c(C(=O)c2sc3cc(O)ccc3c2Oc2ccc(CCN3CC(CF)C3)cc2)c(C)c1.Cc1cc(Cl)cc(C)c1C(=O)c1sc2cc(O)ccc2c1Oc1ccc(CCN2CC(CF)C2)cc1.Cc1ccc(C(=O)c2sc3cc(O)ccc3c2Oc2ccc(CCN3CC(CF)C3)cc2)c(Cl)c1. The van der Waals surface area contributed by atoms with Crippen molar-refractivity contribution in [2.24, 2.45) is 17.8 Å². The first-order chi connectivity index (χ1) is 51.5. The summed E-state index contributed by atoms with van der Waals surface area (Å²) in [4.78, 5) is 49.2. The summed E-state index contributed by atoms with van der Waals surface area (Å²) < 4.78 is 59.2. The highest BCUT2D eigenvalue weighted by Crippen LogP contribution is 2.47. The van der Waals surface area contributed by atoms with Gasteiger partial charge in [-0.1, -0.05) is 83.4 Å². The molecule has 0 amide bonds. The lowest BCUT2D eigenvalue weighted by molar-refractivity contribution is 0.0824. The first kappa shape index (κ1) is 76.1. The van der Waals surface area contributed by atoms with Gasteiger partial charge >= 0.3 is 0 Å². The van der Waals surface area contributed by atoms with Gasteiger partial charge in [-0.15, -0.1) is 34.0 Å². The van der Waals surface area contributed by atoms with Crippen LogP contribution in [0.3, 0.4) is 0 Å². The molecule has 552 valence electrons. The highest BCUT2D eigenvalue weighted by molar-refractivity contribution is 7.22. The highest BCUT2D eigenvalue weighted by atomic mass is 35.5. The van der Waals surface area contributed by atoms with E-state index in [1.807, 2.05) is 133 Å². The molecular weight excluding hydrogens is 1460 g/mol. The van der Waals surface area contributed by atoms with Crippen LogP contribution in [0.15, 0.2) is 170 Å². The van der Waals surface area contributed by atoms with Crippen molar-refractivity contribution in [2.45, 2.75) is 60.8 Å². The van der Waals surface area contributed by atoms with Crippen molar-refractivity contribution in [3.63, 3.8) is 0 Å². The van der Waals surface area contributed by atoms with Gasteiger partial charge in [0.2, 0.25) is 17.3 Å². The Kier molecular flexibility index (Phi) is 23.9. The molecule has 0 radical (unpaired) electrons. The fraction of sp³-hybridized carbons (Fsp3) is 0.276. The van der Waals surface area contributed by atoms with Crippen molar-refractivity contribution in [1.29, 1.82) is 0 Å². The Morgan fingerprint density at radius 2 is 0.720 bits per heavy atom. The van der Waals surface area contributed by atoms with Gasteiger partial charge in [0.15, 0.2) is 17.2 Å². The van der Waals surface area contributed by atoms with Crippen molar-refractivity contribution < 1.29 is 57.1 Å². The van der Waals surface area contributed by atoms with Gasteiger partial charge in [0.05, 0.1) is 25.0 Å². The second kappa shape index (κ2) is 33.6. The van der Waals surface area contributed by atoms with Crippen LogP contribution in [0.2, 0.25) is 10.0 Å². The second-order valence-electron chi connectivity index (χ2n) is 28.3. The largest absolute Gasteiger partial charge is 0.508 e. The molecule has 0 aliphatic carbocycles. The maximum atomic E-state index is 13.8. The Balaban J connectivity index is 0.000000142. The Hall–Kier alpha value is -9.08. The maximum absolute atomic E-state index is 13.8. The molecule has 107 heavy (non-hydrogen) atoms. The zero-order valence-electron chi connectivity index (χ0n) is 60.3. The number of phenols is 3. The molecule has 3 aliphatic heterocycles. The molecule has 0 unspecified atom stereocenters. The Morgan fingerprint density at radius 1 is 0.402 bits per heavy atom. The van der Waals surface area contributed by atoms with Crippen LogP contribution in [0.5, 0.6) is 51.7 Å². The van der Waals surface area contributed by atoms with Crippen LogP contribution in [-0.2, 0) is 19.3 Å². The summed E-state index contributed by atoms with van der Waals surface area (Å²) in [5, 5.41) is 33.3. The molecule has 6 heterocycles. The predicted octanol–water partition coefficient (Wildman–Crippen LogP) is 21.4. The van der Waals surface area contributed by atoms with Crippen molar-refractivity contribution in [2.75, 3.05) is 78.9 Å². The van der Waals surface area contributed by atoms with Crippen molar-refractivity contribution in [3.8, 4) is 51.7 Å². The molecule has 15 rings (SSSR count). The average molecular weight is 1540 g/mol. The summed E-state index contributed by atoms with van der Waals surface area (Å²) in [6, 6.07) is 51.7. The van der Waals surface area contributed by atoms with Crippen LogP contribution in [0.4, 0.5) is 13.2 Å². The number of nitrogens with zero attached hydrogens (tertiary/aromatic N) is 3. The van der Waals surface area contributed by atoms with Gasteiger partial charge in [-0.3, -0.25) is 27.6 Å². The normalized spacial score (nSPS) is 14.2. The van der Waals surface area contributed by atoms with E-state index < -0.39 is 0 Å². The number of fused-ring (bicyclic) bond motifs is 3. The fourth-order valence-corrected chi connectivity index (χ4v) is 18.1. The minimum Gasteiger partial charge on any atom is -0.508 e. The molecule has 12 aromatic rings. The number of thiophene rings is 3. The molecule has 0 atom stereocenters. The third-order valence-electron chi connectivity index (χ3n) is 19.8. The average Bonchev–Trinajstić information content (AvgIpc) is 1.64. The molecule has 3 saturated heterocycles. The van der Waals surface area contributed by atoms with E-state index in [9.17, 15) is 42.9 Å². The zero-order valence-corrected chi connectivity index (χ0v) is 64.2. The van der Waals surface area contributed by atoms with E-state index in [-0.39, 0.29) is 72.4 Å². The molecule has 12 nitrogen and oxygen atoms in total. The first-order valence-corrected chi connectivity index (χ1v) is 38.9. The molecule has 3 aliphatic rings. The molecule has 0 spiro atoms. The lowest BCUT2D eigenvalue weighted by Gasteiger charge is -2.37. The number of aryl methyl sites for hydroxylation is 6. The van der Waals surface area contributed by atoms with E-state index in [1.165, 1.54) is 50.7 Å². The smallest absolute Gasteiger partial charge is 0.208 e. The third kappa shape index (κ3) is 17.7. The van der Waals surface area contributed by atoms with Crippen molar-refractivity contribution in [3.05, 3.63) is 261 Å². The number of carbonyl (C=O) groups excluding carboxylic acids is 3. The number of likely N-dealkylation sites (tertiary alicyclic amines) is 3. The Labute approximate surface area is 642 Å². The predicted molar refractivity (Wildman–Crippen MR) is 427 cm³/mol. The van der Waals surface area contributed by atoms with Crippen molar-refractivity contribution in [1.82, 2.24) is 14.7 Å². The van der Waals surface area contributed by atoms with Crippen LogP contribution in [0, 0.1) is 59.3 Å². The minimum atomic E-state index is -0.236. The molecular formula is C87H82Cl2F3N3O9S3. The van der Waals surface area contributed by atoms with Gasteiger partial charge < -0.3 is 44.2 Å². The molecule has 9 aromatic carbocycles. The number of phenolic OH excluding ortho intramolecular Hbond substituents is 3. The molecule has 3 aromatic heterocycles. The van der Waals surface area contributed by atoms with E-state index >= 15 is 0 Å². The fourth-order valence-electron chi connectivity index (χ4n) is 14.2. The van der Waals surface area contributed by atoms with Crippen LogP contribution >= 0.6 is 57.2 Å². The van der Waals surface area contributed by atoms with Gasteiger partial charge in [0.25, 0.3) is 0 Å². The Morgan fingerprint density at radius 3 is 1.04 bits per heavy atom. The number of halogens is 5. The lowest BCUT2D eigenvalue weighted by Crippen LogP contribution is -2.48. The quantitative estimate of drug-likeness (QED) is 0.0494. The van der Waals surface area contributed by atoms with Crippen LogP contribution in [0.1, 0.15) is 95.8 Å². The number of hydrogen-bond donors (Lipinski definition) is 3. The summed E-state index contributed by atoms with van der Waals surface area (Å²) >= 11 is 16.5. The number of rotatable bonds is 24. The molecule has 20 heteroatoms. The number of hydrogen-bond acceptors (Lipinski definition) is 15. The second-order valence-corrected chi connectivity index (χ2v) is 32.3. The molecule has 0 saturated carbocycles. The lowest BCUT2D eigenvalue weighted by atomic mass is 9.95. The van der Waals surface area contributed by atoms with E-state index in [0.717, 1.165) is 142 Å². The number of alkyl halides is 3. The number of ether oxygens (including phenoxy) is 3. The van der Waals surface area contributed by atoms with Gasteiger partial charge in [0.1, 0.15) is 49.1 Å². The topological polar surface area (TPSA) is 149 Å². The van der Waals surface area contributed by atoms with Crippen molar-refractivity contribution >= 4 is 105 Å². The number of benzene rings is 9. The third-order valence-corrected chi connectivity index (χ3v) is 23.8. The van der Waals surface area contributed by atoms with Gasteiger partial charge in [0, 0.05) is 129 Å². The van der Waals surface area contributed by atoms with E-state index in [1.54, 1.807) is 78.9 Å². The minimum absolute atomic E-state index is 0.0709. The number of aromatic hydroxyl groups is 3. The summed E-state index contributed by atoms with van der Waals surface area (Å²) in [6.07, 6.45) is 2.67. The maximum Gasteiger partial charge on any atom is 0.208 e. The van der Waals surface area contributed by atoms with E-state index in [0.29, 0.717) is 75.9 Å².